The van der Waals surface area contributed by atoms with Crippen molar-refractivity contribution < 1.29 is 5.11 Å². The molecule has 1 aromatic carbocycles. The number of aliphatic hydroxyl groups is 1. The van der Waals surface area contributed by atoms with E-state index in [1.54, 1.807) is 0 Å². The van der Waals surface area contributed by atoms with Crippen molar-refractivity contribution in [1.82, 2.24) is 0 Å². The average Bonchev–Trinajstić information content (AvgIpc) is 2.34. The summed E-state index contributed by atoms with van der Waals surface area (Å²) in [7, 11) is 0. The lowest BCUT2D eigenvalue weighted by molar-refractivity contribution is 0.174. The number of anilines is 1. The normalized spacial score (nSPS) is 13.1. The zero-order chi connectivity index (χ0) is 13.7. The molecule has 0 aliphatic heterocycles. The molecule has 1 aromatic rings. The molecule has 0 radical (unpaired) electrons. The largest absolute Gasteiger partial charge is 0.388 e. The molecule has 102 valence electrons. The fourth-order valence-electron chi connectivity index (χ4n) is 2.23. The van der Waals surface area contributed by atoms with Crippen molar-refractivity contribution >= 4 is 5.69 Å². The maximum Gasteiger partial charge on any atom is 0.0807 e. The zero-order valence-corrected chi connectivity index (χ0v) is 12.4. The van der Waals surface area contributed by atoms with E-state index in [0.717, 1.165) is 18.5 Å². The van der Waals surface area contributed by atoms with Gasteiger partial charge in [0.2, 0.25) is 0 Å². The van der Waals surface area contributed by atoms with E-state index in [-0.39, 0.29) is 6.10 Å². The summed E-state index contributed by atoms with van der Waals surface area (Å²) >= 11 is 0. The van der Waals surface area contributed by atoms with Crippen LogP contribution in [0.25, 0.3) is 0 Å². The molecule has 0 aromatic heterocycles. The smallest absolute Gasteiger partial charge is 0.0807 e. The van der Waals surface area contributed by atoms with Crippen LogP contribution in [-0.4, -0.2) is 17.7 Å². The summed E-state index contributed by atoms with van der Waals surface area (Å²) in [6.45, 7) is 11.9. The molecule has 1 N–H and O–H groups in total. The molecular formula is C16H27NO. The van der Waals surface area contributed by atoms with Crippen molar-refractivity contribution in [1.29, 1.82) is 0 Å². The van der Waals surface area contributed by atoms with Crippen molar-refractivity contribution in [2.24, 2.45) is 5.92 Å². The summed E-state index contributed by atoms with van der Waals surface area (Å²) in [5.74, 6) is 0.610. The van der Waals surface area contributed by atoms with Crippen LogP contribution in [0.4, 0.5) is 5.69 Å². The van der Waals surface area contributed by atoms with Crippen LogP contribution in [0.15, 0.2) is 24.3 Å². The van der Waals surface area contributed by atoms with E-state index in [0.29, 0.717) is 12.0 Å². The molecule has 0 saturated carbocycles. The predicted octanol–water partition coefficient (Wildman–Crippen LogP) is 4.00. The highest BCUT2D eigenvalue weighted by Crippen LogP contribution is 2.29. The van der Waals surface area contributed by atoms with Crippen LogP contribution in [0.1, 0.15) is 52.7 Å². The molecule has 0 saturated heterocycles. The summed E-state index contributed by atoms with van der Waals surface area (Å²) < 4.78 is 0. The molecule has 0 aliphatic rings. The second kappa shape index (κ2) is 6.79. The number of nitrogens with zero attached hydrogens (tertiary/aromatic N) is 1. The fraction of sp³-hybridized carbons (Fsp3) is 0.625. The number of rotatable bonds is 6. The first-order valence-corrected chi connectivity index (χ1v) is 7.01. The van der Waals surface area contributed by atoms with Crippen molar-refractivity contribution in [3.05, 3.63) is 29.8 Å². The quantitative estimate of drug-likeness (QED) is 0.823. The second-order valence-corrected chi connectivity index (χ2v) is 5.62. The van der Waals surface area contributed by atoms with Gasteiger partial charge >= 0.3 is 0 Å². The Morgan fingerprint density at radius 1 is 1.11 bits per heavy atom. The summed E-state index contributed by atoms with van der Waals surface area (Å²) in [4.78, 5) is 2.39. The monoisotopic (exact) mass is 249 g/mol. The van der Waals surface area contributed by atoms with E-state index >= 15 is 0 Å². The van der Waals surface area contributed by atoms with Crippen molar-refractivity contribution in [2.75, 3.05) is 11.4 Å². The number of para-hydroxylation sites is 1. The number of aliphatic hydroxyl groups excluding tert-OH is 1. The van der Waals surface area contributed by atoms with Crippen LogP contribution < -0.4 is 4.90 Å². The Hall–Kier alpha value is -1.02. The van der Waals surface area contributed by atoms with E-state index in [2.05, 4.69) is 44.7 Å². The van der Waals surface area contributed by atoms with Crippen LogP contribution in [0.3, 0.4) is 0 Å². The first-order chi connectivity index (χ1) is 8.47. The van der Waals surface area contributed by atoms with Gasteiger partial charge in [0.05, 0.1) is 6.10 Å². The molecule has 1 atom stereocenters. The van der Waals surface area contributed by atoms with Crippen LogP contribution >= 0.6 is 0 Å². The second-order valence-electron chi connectivity index (χ2n) is 5.62. The predicted molar refractivity (Wildman–Crippen MR) is 79.0 cm³/mol. The van der Waals surface area contributed by atoms with Crippen LogP contribution in [0.5, 0.6) is 0 Å². The topological polar surface area (TPSA) is 23.5 Å². The van der Waals surface area contributed by atoms with Gasteiger partial charge in [0, 0.05) is 23.8 Å². The highest BCUT2D eigenvalue weighted by atomic mass is 16.3. The molecule has 0 spiro atoms. The minimum Gasteiger partial charge on any atom is -0.388 e. The maximum atomic E-state index is 10.1. The Bertz CT molecular complexity index is 360. The molecule has 18 heavy (non-hydrogen) atoms. The highest BCUT2D eigenvalue weighted by Gasteiger charge is 2.18. The summed E-state index contributed by atoms with van der Waals surface area (Å²) in [5.41, 5.74) is 2.23. The molecule has 0 fully saturated rings. The Morgan fingerprint density at radius 3 is 2.22 bits per heavy atom. The maximum absolute atomic E-state index is 10.1. The van der Waals surface area contributed by atoms with Gasteiger partial charge in [-0.15, -0.1) is 0 Å². The molecule has 2 nitrogen and oxygen atoms in total. The minimum atomic E-state index is -0.366. The van der Waals surface area contributed by atoms with E-state index in [4.69, 9.17) is 0 Å². The van der Waals surface area contributed by atoms with E-state index in [9.17, 15) is 5.11 Å². The highest BCUT2D eigenvalue weighted by molar-refractivity contribution is 5.55. The third kappa shape index (κ3) is 3.74. The Balaban J connectivity index is 3.11. The molecular weight excluding hydrogens is 222 g/mol. The van der Waals surface area contributed by atoms with Crippen LogP contribution in [0.2, 0.25) is 0 Å². The molecule has 0 heterocycles. The molecule has 0 unspecified atom stereocenters. The lowest BCUT2D eigenvalue weighted by atomic mass is 10.0. The van der Waals surface area contributed by atoms with Gasteiger partial charge in [-0.2, -0.15) is 0 Å². The van der Waals surface area contributed by atoms with Crippen molar-refractivity contribution in [3.63, 3.8) is 0 Å². The lowest BCUT2D eigenvalue weighted by Crippen LogP contribution is -2.35. The van der Waals surface area contributed by atoms with Gasteiger partial charge in [-0.3, -0.25) is 0 Å². The Kier molecular flexibility index (Phi) is 5.67. The molecule has 0 bridgehead atoms. The summed E-state index contributed by atoms with van der Waals surface area (Å²) in [6.07, 6.45) is 0.388. The van der Waals surface area contributed by atoms with Gasteiger partial charge < -0.3 is 10.0 Å². The zero-order valence-electron chi connectivity index (χ0n) is 12.4. The van der Waals surface area contributed by atoms with Gasteiger partial charge in [0.1, 0.15) is 0 Å². The van der Waals surface area contributed by atoms with E-state index < -0.39 is 0 Å². The SMILES string of the molecule is CC[C@H](O)c1ccccc1N(CC(C)C)C(C)C. The van der Waals surface area contributed by atoms with Gasteiger partial charge in [-0.25, -0.2) is 0 Å². The molecule has 2 heteroatoms. The van der Waals surface area contributed by atoms with Crippen molar-refractivity contribution in [2.45, 2.75) is 53.2 Å². The van der Waals surface area contributed by atoms with E-state index in [1.807, 2.05) is 19.1 Å². The number of benzene rings is 1. The van der Waals surface area contributed by atoms with Crippen molar-refractivity contribution in [3.8, 4) is 0 Å². The Morgan fingerprint density at radius 2 is 1.72 bits per heavy atom. The third-order valence-electron chi connectivity index (χ3n) is 3.18. The molecule has 0 aliphatic carbocycles. The fourth-order valence-corrected chi connectivity index (χ4v) is 2.23. The number of hydrogen-bond donors (Lipinski definition) is 1. The molecule has 1 rings (SSSR count). The van der Waals surface area contributed by atoms with Gasteiger partial charge in [0.25, 0.3) is 0 Å². The van der Waals surface area contributed by atoms with Crippen LogP contribution in [0, 0.1) is 5.92 Å². The van der Waals surface area contributed by atoms with Gasteiger partial charge in [-0.1, -0.05) is 39.0 Å². The standard InChI is InChI=1S/C16H27NO/c1-6-16(18)14-9-7-8-10-15(14)17(13(4)5)11-12(2)3/h7-10,12-13,16,18H,6,11H2,1-5H3/t16-/m0/s1. The first-order valence-electron chi connectivity index (χ1n) is 7.01. The summed E-state index contributed by atoms with van der Waals surface area (Å²) in [5, 5.41) is 10.1. The van der Waals surface area contributed by atoms with Crippen LogP contribution in [-0.2, 0) is 0 Å². The number of hydrogen-bond acceptors (Lipinski definition) is 2. The average molecular weight is 249 g/mol. The van der Waals surface area contributed by atoms with Gasteiger partial charge in [0.15, 0.2) is 0 Å². The molecule has 0 amide bonds. The minimum absolute atomic E-state index is 0.366. The summed E-state index contributed by atoms with van der Waals surface area (Å²) in [6, 6.07) is 8.66. The third-order valence-corrected chi connectivity index (χ3v) is 3.18. The Labute approximate surface area is 112 Å². The first kappa shape index (κ1) is 15.0. The lowest BCUT2D eigenvalue weighted by Gasteiger charge is -2.33. The van der Waals surface area contributed by atoms with Gasteiger partial charge in [-0.05, 0) is 32.3 Å². The van der Waals surface area contributed by atoms with E-state index in [1.165, 1.54) is 5.69 Å².